The largest absolute Gasteiger partial charge is 0.508 e. The first-order valence-corrected chi connectivity index (χ1v) is 19.3. The number of esters is 2. The molecule has 66 heavy (non-hydrogen) atoms. The van der Waals surface area contributed by atoms with E-state index in [0.29, 0.717) is 6.08 Å². The highest BCUT2D eigenvalue weighted by Crippen LogP contribution is 2.54. The van der Waals surface area contributed by atoms with Gasteiger partial charge in [0.2, 0.25) is 17.1 Å². The number of ether oxygens (including phenoxy) is 5. The van der Waals surface area contributed by atoms with Crippen molar-refractivity contribution < 1.29 is 109 Å². The van der Waals surface area contributed by atoms with Crippen LogP contribution in [0.15, 0.2) is 66.2 Å². The lowest BCUT2D eigenvalue weighted by Crippen LogP contribution is -2.59. The fourth-order valence-electron chi connectivity index (χ4n) is 8.36. The average Bonchev–Trinajstić information content (AvgIpc) is 3.52. The number of rotatable bonds is 6. The van der Waals surface area contributed by atoms with Crippen LogP contribution in [0, 0.1) is 0 Å². The molecule has 3 heterocycles. The number of fused-ring (bicyclic) bond motifs is 4. The van der Waals surface area contributed by atoms with E-state index in [4.69, 9.17) is 23.7 Å². The van der Waals surface area contributed by atoms with Gasteiger partial charge in [-0.2, -0.15) is 0 Å². The van der Waals surface area contributed by atoms with E-state index in [2.05, 4.69) is 0 Å². The maximum absolute atomic E-state index is 14.9. The van der Waals surface area contributed by atoms with Crippen molar-refractivity contribution in [2.45, 2.75) is 49.0 Å². The summed E-state index contributed by atoms with van der Waals surface area (Å²) in [5.74, 6) is -16.6. The highest BCUT2D eigenvalue weighted by Gasteiger charge is 2.64. The van der Waals surface area contributed by atoms with Crippen molar-refractivity contribution in [3.63, 3.8) is 0 Å². The molecule has 0 fully saturated rings. The molecule has 0 amide bonds. The Hall–Kier alpha value is -8.92. The van der Waals surface area contributed by atoms with E-state index in [9.17, 15) is 85.6 Å². The Morgan fingerprint density at radius 1 is 0.545 bits per heavy atom. The minimum absolute atomic E-state index is 0.0402. The second kappa shape index (κ2) is 14.8. The van der Waals surface area contributed by atoms with Gasteiger partial charge < -0.3 is 90.1 Å². The molecule has 13 N–H and O–H groups in total. The number of aliphatic hydroxyl groups is 1. The average molecular weight is 913 g/mol. The van der Waals surface area contributed by atoms with Crippen LogP contribution in [0.4, 0.5) is 0 Å². The first-order chi connectivity index (χ1) is 31.2. The van der Waals surface area contributed by atoms with Crippen molar-refractivity contribution in [1.29, 1.82) is 0 Å². The molecule has 0 spiro atoms. The Kier molecular flexibility index (Phi) is 9.53. The Morgan fingerprint density at radius 2 is 0.985 bits per heavy atom. The van der Waals surface area contributed by atoms with Gasteiger partial charge in [-0.3, -0.25) is 9.59 Å². The normalized spacial score (nSPS) is 22.6. The summed E-state index contributed by atoms with van der Waals surface area (Å²) in [5.41, 5.74) is -6.15. The van der Waals surface area contributed by atoms with E-state index in [-0.39, 0.29) is 22.6 Å². The summed E-state index contributed by atoms with van der Waals surface area (Å²) >= 11 is 0. The second-order valence-corrected chi connectivity index (χ2v) is 15.6. The van der Waals surface area contributed by atoms with Crippen molar-refractivity contribution in [1.82, 2.24) is 0 Å². The topological polar surface area (TPSA) is 377 Å². The zero-order valence-electron chi connectivity index (χ0n) is 33.1. The van der Waals surface area contributed by atoms with Crippen molar-refractivity contribution in [3.8, 4) is 86.2 Å². The quantitative estimate of drug-likeness (QED) is 0.0661. The Labute approximate surface area is 367 Å². The number of aromatic hydroxyl groups is 12. The van der Waals surface area contributed by atoms with E-state index in [0.717, 1.165) is 54.6 Å². The molecule has 0 bridgehead atoms. The predicted octanol–water partition coefficient (Wildman–Crippen LogP) is 2.47. The fourth-order valence-corrected chi connectivity index (χ4v) is 8.36. The van der Waals surface area contributed by atoms with Crippen LogP contribution in [0.5, 0.6) is 86.2 Å². The highest BCUT2D eigenvalue weighted by atomic mass is 16.6. The number of hydrogen-bond donors (Lipinski definition) is 13. The number of carbonyl (C=O) groups is 4. The zero-order chi connectivity index (χ0) is 47.4. The van der Waals surface area contributed by atoms with Crippen molar-refractivity contribution >= 4 is 23.5 Å². The summed E-state index contributed by atoms with van der Waals surface area (Å²) in [6.45, 7) is 0. The molecule has 0 saturated carbocycles. The predicted molar refractivity (Wildman–Crippen MR) is 213 cm³/mol. The fraction of sp³-hybridized carbons (Fsp3) is 0.182. The Bertz CT molecular complexity index is 2980. The third-order valence-electron chi connectivity index (χ3n) is 11.5. The van der Waals surface area contributed by atoms with Crippen molar-refractivity contribution in [2.75, 3.05) is 0 Å². The van der Waals surface area contributed by atoms with Crippen molar-refractivity contribution in [3.05, 3.63) is 99.6 Å². The van der Waals surface area contributed by atoms with Crippen molar-refractivity contribution in [2.24, 2.45) is 0 Å². The van der Waals surface area contributed by atoms with Gasteiger partial charge in [-0.25, -0.2) is 9.59 Å². The molecule has 0 radical (unpaired) electrons. The standard InChI is InChI=1S/C44H32O22/c45-15-5-21(47)17-10-30(64-42(59)13-1-23(49)34(55)24(50)2-13)37(62-28(17)7-15)19-9-27(53)36(57)39-33(19)40(58)44(61)32(54)12-20(41(44)66-39)38-31(11-18-22(48)6-16(46)8-29(18)63-38)65-43(60)14-3-25(51)35(56)26(52)4-14/h1-9,12,30-31,37-38,41,45-53,55-57,61H,10-11H2/t30-,31-,37-,38-,41+,44-/m1/s1. The number of benzene rings is 5. The first-order valence-electron chi connectivity index (χ1n) is 19.3. The Balaban J connectivity index is 1.13. The molecule has 9 rings (SSSR count). The monoisotopic (exact) mass is 912 g/mol. The van der Waals surface area contributed by atoms with Crippen LogP contribution in [0.1, 0.15) is 53.9 Å². The molecule has 1 aliphatic carbocycles. The van der Waals surface area contributed by atoms with E-state index < -0.39 is 175 Å². The molecule has 0 saturated heterocycles. The summed E-state index contributed by atoms with van der Waals surface area (Å²) < 4.78 is 29.6. The van der Waals surface area contributed by atoms with Gasteiger partial charge in [0.05, 0.1) is 16.7 Å². The van der Waals surface area contributed by atoms with E-state index in [1.807, 2.05) is 0 Å². The van der Waals surface area contributed by atoms with Gasteiger partial charge >= 0.3 is 11.9 Å². The van der Waals surface area contributed by atoms with Crippen LogP contribution in [-0.2, 0) is 27.1 Å². The van der Waals surface area contributed by atoms with Crippen LogP contribution < -0.4 is 14.2 Å². The molecule has 0 unspecified atom stereocenters. The molecule has 5 aromatic rings. The minimum atomic E-state index is -3.26. The van der Waals surface area contributed by atoms with Gasteiger partial charge in [-0.15, -0.1) is 0 Å². The number of carbonyl (C=O) groups excluding carboxylic acids is 4. The zero-order valence-corrected chi connectivity index (χ0v) is 33.1. The lowest BCUT2D eigenvalue weighted by Gasteiger charge is -2.41. The second-order valence-electron chi connectivity index (χ2n) is 15.6. The van der Waals surface area contributed by atoms with Gasteiger partial charge in [-0.05, 0) is 36.4 Å². The smallest absolute Gasteiger partial charge is 0.338 e. The molecule has 0 aromatic heterocycles. The van der Waals surface area contributed by atoms with Crippen LogP contribution in [0.2, 0.25) is 0 Å². The van der Waals surface area contributed by atoms with E-state index in [1.165, 1.54) is 0 Å². The lowest BCUT2D eigenvalue weighted by molar-refractivity contribution is -0.132. The summed E-state index contributed by atoms with van der Waals surface area (Å²) in [6.07, 6.45) is -9.25. The maximum atomic E-state index is 14.9. The van der Waals surface area contributed by atoms with Gasteiger partial charge in [0, 0.05) is 59.4 Å². The van der Waals surface area contributed by atoms with Crippen LogP contribution in [-0.4, -0.2) is 120 Å². The van der Waals surface area contributed by atoms with Crippen LogP contribution in [0.25, 0.3) is 0 Å². The number of ketones is 2. The molecule has 5 aromatic carbocycles. The molecule has 4 aliphatic rings. The number of Topliss-reactive ketones (excluding diaryl/α,β-unsaturated/α-hetero) is 1. The lowest BCUT2D eigenvalue weighted by atomic mass is 9.78. The third kappa shape index (κ3) is 6.53. The van der Waals surface area contributed by atoms with Gasteiger partial charge in [-0.1, -0.05) is 0 Å². The first kappa shape index (κ1) is 42.4. The van der Waals surface area contributed by atoms with E-state index >= 15 is 0 Å². The molecular formula is C44H32O22. The minimum Gasteiger partial charge on any atom is -0.508 e. The molecular weight excluding hydrogens is 880 g/mol. The van der Waals surface area contributed by atoms with Crippen LogP contribution in [0.3, 0.4) is 0 Å². The molecule has 22 nitrogen and oxygen atoms in total. The highest BCUT2D eigenvalue weighted by molar-refractivity contribution is 6.25. The van der Waals surface area contributed by atoms with E-state index in [1.54, 1.807) is 0 Å². The van der Waals surface area contributed by atoms with Gasteiger partial charge in [0.25, 0.3) is 0 Å². The molecule has 6 atom stereocenters. The SMILES string of the molecule is O=C(O[C@@H]1Cc2c(O)cc(O)cc2O[C@@H]1C1=CC(=O)[C@@]2(O)C(=O)c3c([C@H]4Oc5cc(O)cc(O)c5C[C@H]4OC(=O)c4cc(O)c(O)c(O)c4)cc(O)c(O)c3O[C@@H]12)c1cc(O)c(O)c(O)c1. The summed E-state index contributed by atoms with van der Waals surface area (Å²) in [5, 5.41) is 137. The third-order valence-corrected chi connectivity index (χ3v) is 11.5. The summed E-state index contributed by atoms with van der Waals surface area (Å²) in [6, 6.07) is 7.71. The number of hydrogen-bond acceptors (Lipinski definition) is 22. The molecule has 22 heteroatoms. The molecule has 340 valence electrons. The van der Waals surface area contributed by atoms with Crippen LogP contribution >= 0.6 is 0 Å². The molecule has 3 aliphatic heterocycles. The Morgan fingerprint density at radius 3 is 1.47 bits per heavy atom. The van der Waals surface area contributed by atoms with Gasteiger partial charge in [0.1, 0.15) is 46.7 Å². The number of phenols is 12. The summed E-state index contributed by atoms with van der Waals surface area (Å²) in [7, 11) is 0. The maximum Gasteiger partial charge on any atom is 0.338 e. The summed E-state index contributed by atoms with van der Waals surface area (Å²) in [4.78, 5) is 56.0. The van der Waals surface area contributed by atoms with Gasteiger partial charge in [0.15, 0.2) is 70.1 Å². The number of phenolic OH excluding ortho intramolecular Hbond substituents is 12.